The first-order chi connectivity index (χ1) is 12.0. The number of nitro benzene ring substituents is 1. The normalized spacial score (nSPS) is 15.2. The molecule has 1 fully saturated rings. The molecule has 0 radical (unpaired) electrons. The molecule has 2 N–H and O–H groups in total. The standard InChI is InChI=1S/C19H23N3O3/c1-13-17(19(20)23)11-18(15-7-9-16(10-8-15)22(24)25)21(13)12-14-5-3-2-4-6-14/h7-11,14H,2-6,12H2,1H3,(H2,20,23). The van der Waals surface area contributed by atoms with E-state index in [0.29, 0.717) is 11.5 Å². The smallest absolute Gasteiger partial charge is 0.269 e. The number of carbonyl (C=O) groups is 1. The Kier molecular flexibility index (Phi) is 4.88. The first-order valence-electron chi connectivity index (χ1n) is 8.72. The maximum Gasteiger partial charge on any atom is 0.269 e. The van der Waals surface area contributed by atoms with Gasteiger partial charge in [-0.1, -0.05) is 19.3 Å². The fourth-order valence-corrected chi connectivity index (χ4v) is 3.75. The van der Waals surface area contributed by atoms with Crippen molar-refractivity contribution in [2.45, 2.75) is 45.6 Å². The van der Waals surface area contributed by atoms with Crippen LogP contribution in [0.15, 0.2) is 30.3 Å². The summed E-state index contributed by atoms with van der Waals surface area (Å²) in [7, 11) is 0. The van der Waals surface area contributed by atoms with E-state index < -0.39 is 10.8 Å². The maximum atomic E-state index is 11.8. The van der Waals surface area contributed by atoms with Gasteiger partial charge in [0.1, 0.15) is 0 Å². The summed E-state index contributed by atoms with van der Waals surface area (Å²) in [5.41, 5.74) is 8.73. The molecule has 25 heavy (non-hydrogen) atoms. The summed E-state index contributed by atoms with van der Waals surface area (Å²) in [5.74, 6) is 0.153. The molecule has 1 aromatic carbocycles. The van der Waals surface area contributed by atoms with Gasteiger partial charge < -0.3 is 10.3 Å². The van der Waals surface area contributed by atoms with Crippen molar-refractivity contribution in [2.24, 2.45) is 11.7 Å². The van der Waals surface area contributed by atoms with Crippen molar-refractivity contribution in [3.8, 4) is 11.3 Å². The number of non-ortho nitro benzene ring substituents is 1. The topological polar surface area (TPSA) is 91.2 Å². The predicted molar refractivity (Wildman–Crippen MR) is 96.4 cm³/mol. The minimum Gasteiger partial charge on any atom is -0.366 e. The Balaban J connectivity index is 2.00. The molecule has 0 bridgehead atoms. The molecule has 6 nitrogen and oxygen atoms in total. The number of rotatable bonds is 5. The zero-order valence-corrected chi connectivity index (χ0v) is 14.4. The van der Waals surface area contributed by atoms with Crippen LogP contribution in [0.3, 0.4) is 0 Å². The lowest BCUT2D eigenvalue weighted by Gasteiger charge is -2.24. The molecule has 1 aliphatic rings. The van der Waals surface area contributed by atoms with E-state index in [1.165, 1.54) is 44.2 Å². The van der Waals surface area contributed by atoms with Crippen LogP contribution in [-0.4, -0.2) is 15.4 Å². The summed E-state index contributed by atoms with van der Waals surface area (Å²) in [5, 5.41) is 10.9. The van der Waals surface area contributed by atoms with Gasteiger partial charge in [0.2, 0.25) is 0 Å². The molecule has 3 rings (SSSR count). The van der Waals surface area contributed by atoms with Gasteiger partial charge in [-0.05, 0) is 49.4 Å². The number of aromatic nitrogens is 1. The summed E-state index contributed by atoms with van der Waals surface area (Å²) in [6, 6.07) is 8.25. The van der Waals surface area contributed by atoms with Gasteiger partial charge in [-0.15, -0.1) is 0 Å². The number of amides is 1. The molecule has 2 aromatic rings. The van der Waals surface area contributed by atoms with Gasteiger partial charge in [-0.2, -0.15) is 0 Å². The lowest BCUT2D eigenvalue weighted by molar-refractivity contribution is -0.384. The highest BCUT2D eigenvalue weighted by molar-refractivity contribution is 5.95. The van der Waals surface area contributed by atoms with Crippen molar-refractivity contribution in [3.05, 3.63) is 51.7 Å². The second-order valence-corrected chi connectivity index (χ2v) is 6.81. The summed E-state index contributed by atoms with van der Waals surface area (Å²) in [6.07, 6.45) is 6.19. The van der Waals surface area contributed by atoms with Crippen LogP contribution in [0, 0.1) is 23.0 Å². The Morgan fingerprint density at radius 1 is 1.24 bits per heavy atom. The third kappa shape index (κ3) is 3.57. The Morgan fingerprint density at radius 2 is 1.88 bits per heavy atom. The highest BCUT2D eigenvalue weighted by atomic mass is 16.6. The highest BCUT2D eigenvalue weighted by Crippen LogP contribution is 2.31. The monoisotopic (exact) mass is 341 g/mol. The summed E-state index contributed by atoms with van der Waals surface area (Å²) in [6.45, 7) is 2.77. The van der Waals surface area contributed by atoms with E-state index in [1.807, 2.05) is 13.0 Å². The van der Waals surface area contributed by atoms with Crippen molar-refractivity contribution in [3.63, 3.8) is 0 Å². The van der Waals surface area contributed by atoms with Gasteiger partial charge >= 0.3 is 0 Å². The van der Waals surface area contributed by atoms with Crippen molar-refractivity contribution in [1.82, 2.24) is 4.57 Å². The number of nitrogens with zero attached hydrogens (tertiary/aromatic N) is 2. The number of benzene rings is 1. The van der Waals surface area contributed by atoms with E-state index in [-0.39, 0.29) is 5.69 Å². The fourth-order valence-electron chi connectivity index (χ4n) is 3.75. The van der Waals surface area contributed by atoms with Crippen LogP contribution < -0.4 is 5.73 Å². The van der Waals surface area contributed by atoms with Crippen molar-refractivity contribution in [2.75, 3.05) is 0 Å². The Bertz CT molecular complexity index is 787. The predicted octanol–water partition coefficient (Wildman–Crippen LogP) is 4.05. The van der Waals surface area contributed by atoms with Crippen LogP contribution >= 0.6 is 0 Å². The van der Waals surface area contributed by atoms with E-state index in [2.05, 4.69) is 4.57 Å². The van der Waals surface area contributed by atoms with Crippen molar-refractivity contribution in [1.29, 1.82) is 0 Å². The van der Waals surface area contributed by atoms with Gasteiger partial charge in [0.05, 0.1) is 10.5 Å². The van der Waals surface area contributed by atoms with E-state index in [9.17, 15) is 14.9 Å². The minimum absolute atomic E-state index is 0.0565. The third-order valence-corrected chi connectivity index (χ3v) is 5.17. The first-order valence-corrected chi connectivity index (χ1v) is 8.72. The SMILES string of the molecule is Cc1c(C(N)=O)cc(-c2ccc([N+](=O)[O-])cc2)n1CC1CCCCC1. The van der Waals surface area contributed by atoms with Gasteiger partial charge in [0, 0.05) is 30.1 Å². The first kappa shape index (κ1) is 17.2. The van der Waals surface area contributed by atoms with Crippen LogP contribution in [0.25, 0.3) is 11.3 Å². The maximum absolute atomic E-state index is 11.8. The molecule has 0 spiro atoms. The zero-order chi connectivity index (χ0) is 18.0. The number of nitro groups is 1. The molecule has 0 aliphatic heterocycles. The lowest BCUT2D eigenvalue weighted by Crippen LogP contribution is -2.17. The molecule has 0 unspecified atom stereocenters. The minimum atomic E-state index is -0.442. The number of carbonyl (C=O) groups excluding carboxylic acids is 1. The molecular weight excluding hydrogens is 318 g/mol. The van der Waals surface area contributed by atoms with Gasteiger partial charge in [0.15, 0.2) is 0 Å². The fraction of sp³-hybridized carbons (Fsp3) is 0.421. The molecule has 1 amide bonds. The average Bonchev–Trinajstić information content (AvgIpc) is 2.93. The third-order valence-electron chi connectivity index (χ3n) is 5.17. The number of hydrogen-bond donors (Lipinski definition) is 1. The summed E-state index contributed by atoms with van der Waals surface area (Å²) >= 11 is 0. The Morgan fingerprint density at radius 3 is 2.44 bits per heavy atom. The van der Waals surface area contributed by atoms with Crippen LogP contribution in [0.4, 0.5) is 5.69 Å². The second-order valence-electron chi connectivity index (χ2n) is 6.81. The molecule has 132 valence electrons. The Hall–Kier alpha value is -2.63. The largest absolute Gasteiger partial charge is 0.366 e. The number of primary amides is 1. The van der Waals surface area contributed by atoms with E-state index in [0.717, 1.165) is 23.5 Å². The zero-order valence-electron chi connectivity index (χ0n) is 14.4. The van der Waals surface area contributed by atoms with Crippen LogP contribution in [-0.2, 0) is 6.54 Å². The highest BCUT2D eigenvalue weighted by Gasteiger charge is 2.21. The molecule has 1 heterocycles. The Labute approximate surface area is 146 Å². The molecule has 1 aliphatic carbocycles. The van der Waals surface area contributed by atoms with Crippen LogP contribution in [0.2, 0.25) is 0 Å². The summed E-state index contributed by atoms with van der Waals surface area (Å²) in [4.78, 5) is 22.2. The quantitative estimate of drug-likeness (QED) is 0.657. The molecule has 0 atom stereocenters. The molecular formula is C19H23N3O3. The number of nitrogens with two attached hydrogens (primary N) is 1. The van der Waals surface area contributed by atoms with Gasteiger partial charge in [0.25, 0.3) is 11.6 Å². The molecule has 6 heteroatoms. The second kappa shape index (κ2) is 7.09. The lowest BCUT2D eigenvalue weighted by atomic mass is 9.89. The van der Waals surface area contributed by atoms with E-state index in [1.54, 1.807) is 12.1 Å². The van der Waals surface area contributed by atoms with Crippen molar-refractivity contribution >= 4 is 11.6 Å². The van der Waals surface area contributed by atoms with Crippen molar-refractivity contribution < 1.29 is 9.72 Å². The van der Waals surface area contributed by atoms with Gasteiger partial charge in [-0.3, -0.25) is 14.9 Å². The van der Waals surface area contributed by atoms with E-state index >= 15 is 0 Å². The van der Waals surface area contributed by atoms with Crippen LogP contribution in [0.5, 0.6) is 0 Å². The molecule has 1 saturated carbocycles. The summed E-state index contributed by atoms with van der Waals surface area (Å²) < 4.78 is 2.15. The van der Waals surface area contributed by atoms with Crippen LogP contribution in [0.1, 0.15) is 48.2 Å². The van der Waals surface area contributed by atoms with Gasteiger partial charge in [-0.25, -0.2) is 0 Å². The average molecular weight is 341 g/mol. The molecule has 1 aromatic heterocycles. The van der Waals surface area contributed by atoms with E-state index in [4.69, 9.17) is 5.73 Å². The molecule has 0 saturated heterocycles. The number of hydrogen-bond acceptors (Lipinski definition) is 3.